The van der Waals surface area contributed by atoms with Crippen LogP contribution in [-0.2, 0) is 0 Å². The van der Waals surface area contributed by atoms with Gasteiger partial charge in [-0.25, -0.2) is 4.39 Å². The highest BCUT2D eigenvalue weighted by molar-refractivity contribution is 9.10. The van der Waals surface area contributed by atoms with E-state index in [-0.39, 0.29) is 10.6 Å². The molecule has 3 heteroatoms. The minimum Gasteiger partial charge on any atom is -0.207 e. The first kappa shape index (κ1) is 14.7. The van der Waals surface area contributed by atoms with Crippen molar-refractivity contribution in [3.63, 3.8) is 0 Å². The lowest BCUT2D eigenvalue weighted by molar-refractivity contribution is 0.626. The van der Waals surface area contributed by atoms with E-state index < -0.39 is 0 Å². The van der Waals surface area contributed by atoms with Gasteiger partial charge in [0.25, 0.3) is 0 Å². The number of rotatable bonds is 2. The molecule has 0 aromatic heterocycles. The second-order valence-electron chi connectivity index (χ2n) is 4.78. The van der Waals surface area contributed by atoms with E-state index in [0.717, 1.165) is 10.0 Å². The molecule has 100 valence electrons. The Morgan fingerprint density at radius 1 is 1.05 bits per heavy atom. The van der Waals surface area contributed by atoms with Crippen LogP contribution in [0.4, 0.5) is 4.39 Å². The van der Waals surface area contributed by atoms with Crippen LogP contribution in [0.1, 0.15) is 32.6 Å². The fourth-order valence-corrected chi connectivity index (χ4v) is 3.71. The molecule has 1 unspecified atom stereocenters. The first-order valence-electron chi connectivity index (χ1n) is 6.07. The third kappa shape index (κ3) is 2.92. The molecule has 0 aliphatic carbocycles. The summed E-state index contributed by atoms with van der Waals surface area (Å²) in [5.41, 5.74) is 5.76. The lowest BCUT2D eigenvalue weighted by atomic mass is 9.94. The average Bonchev–Trinajstić information content (AvgIpc) is 2.36. The van der Waals surface area contributed by atoms with Crippen LogP contribution < -0.4 is 0 Å². The van der Waals surface area contributed by atoms with Crippen LogP contribution in [0.25, 0.3) is 0 Å². The summed E-state index contributed by atoms with van der Waals surface area (Å²) in [5, 5.41) is 0. The van der Waals surface area contributed by atoms with Gasteiger partial charge in [0.2, 0.25) is 0 Å². The highest BCUT2D eigenvalue weighted by Crippen LogP contribution is 2.38. The van der Waals surface area contributed by atoms with E-state index >= 15 is 0 Å². The lowest BCUT2D eigenvalue weighted by Gasteiger charge is -2.19. The Hall–Kier alpha value is -0.670. The Labute approximate surface area is 130 Å². The van der Waals surface area contributed by atoms with Crippen LogP contribution in [0, 0.1) is 26.6 Å². The van der Waals surface area contributed by atoms with Gasteiger partial charge >= 0.3 is 0 Å². The first-order chi connectivity index (χ1) is 8.91. The number of halogens is 3. The zero-order chi connectivity index (χ0) is 14.2. The van der Waals surface area contributed by atoms with Gasteiger partial charge in [-0.05, 0) is 60.7 Å². The smallest absolute Gasteiger partial charge is 0.123 e. The third-order valence-corrected chi connectivity index (χ3v) is 5.54. The number of benzene rings is 2. The Morgan fingerprint density at radius 2 is 1.74 bits per heavy atom. The summed E-state index contributed by atoms with van der Waals surface area (Å²) in [6.45, 7) is 6.27. The quantitative estimate of drug-likeness (QED) is 0.556. The van der Waals surface area contributed by atoms with Gasteiger partial charge in [0.1, 0.15) is 5.82 Å². The summed E-state index contributed by atoms with van der Waals surface area (Å²) < 4.78 is 14.5. The molecule has 1 atom stereocenters. The molecule has 0 spiro atoms. The molecule has 0 fully saturated rings. The molecule has 2 aromatic carbocycles. The van der Waals surface area contributed by atoms with E-state index in [9.17, 15) is 4.39 Å². The first-order valence-corrected chi connectivity index (χ1v) is 7.78. The van der Waals surface area contributed by atoms with E-state index in [2.05, 4.69) is 58.7 Å². The Kier molecular flexibility index (Phi) is 4.46. The SMILES string of the molecule is Cc1cc(C)c(C(Br)c2cccc(F)c2)c(C)c1Br. The predicted octanol–water partition coefficient (Wildman–Crippen LogP) is 6.00. The second-order valence-corrected chi connectivity index (χ2v) is 6.49. The average molecular weight is 386 g/mol. The number of hydrogen-bond donors (Lipinski definition) is 0. The van der Waals surface area contributed by atoms with Crippen molar-refractivity contribution in [2.75, 3.05) is 0 Å². The van der Waals surface area contributed by atoms with Gasteiger partial charge < -0.3 is 0 Å². The monoisotopic (exact) mass is 384 g/mol. The van der Waals surface area contributed by atoms with Crippen molar-refractivity contribution < 1.29 is 4.39 Å². The number of hydrogen-bond acceptors (Lipinski definition) is 0. The highest BCUT2D eigenvalue weighted by atomic mass is 79.9. The Bertz CT molecular complexity index is 620. The zero-order valence-electron chi connectivity index (χ0n) is 11.1. The van der Waals surface area contributed by atoms with Crippen molar-refractivity contribution in [2.45, 2.75) is 25.6 Å². The summed E-state index contributed by atoms with van der Waals surface area (Å²) in [7, 11) is 0. The molecule has 0 radical (unpaired) electrons. The van der Waals surface area contributed by atoms with E-state index in [1.807, 2.05) is 6.07 Å². The molecule has 0 amide bonds. The molecule has 0 saturated carbocycles. The summed E-state index contributed by atoms with van der Waals surface area (Å²) in [6.07, 6.45) is 0. The van der Waals surface area contributed by atoms with E-state index in [1.165, 1.54) is 28.3 Å². The van der Waals surface area contributed by atoms with Crippen molar-refractivity contribution in [1.29, 1.82) is 0 Å². The molecule has 0 saturated heterocycles. The normalized spacial score (nSPS) is 12.5. The Morgan fingerprint density at radius 3 is 2.37 bits per heavy atom. The van der Waals surface area contributed by atoms with E-state index in [4.69, 9.17) is 0 Å². The molecule has 2 rings (SSSR count). The fraction of sp³-hybridized carbons (Fsp3) is 0.250. The van der Waals surface area contributed by atoms with Gasteiger partial charge in [0.15, 0.2) is 0 Å². The van der Waals surface area contributed by atoms with Crippen molar-refractivity contribution in [3.8, 4) is 0 Å². The van der Waals surface area contributed by atoms with Crippen molar-refractivity contribution in [3.05, 3.63) is 68.4 Å². The maximum atomic E-state index is 13.4. The minimum atomic E-state index is -0.205. The lowest BCUT2D eigenvalue weighted by Crippen LogP contribution is -2.01. The van der Waals surface area contributed by atoms with Gasteiger partial charge in [-0.15, -0.1) is 0 Å². The summed E-state index contributed by atoms with van der Waals surface area (Å²) in [5.74, 6) is -0.205. The molecular formula is C16H15Br2F. The molecule has 0 N–H and O–H groups in total. The number of alkyl halides is 1. The van der Waals surface area contributed by atoms with Crippen molar-refractivity contribution in [1.82, 2.24) is 0 Å². The Balaban J connectivity index is 2.56. The van der Waals surface area contributed by atoms with E-state index in [1.54, 1.807) is 12.1 Å². The molecule has 19 heavy (non-hydrogen) atoms. The van der Waals surface area contributed by atoms with Crippen molar-refractivity contribution >= 4 is 31.9 Å². The van der Waals surface area contributed by atoms with Gasteiger partial charge in [-0.2, -0.15) is 0 Å². The zero-order valence-corrected chi connectivity index (χ0v) is 14.3. The topological polar surface area (TPSA) is 0 Å². The summed E-state index contributed by atoms with van der Waals surface area (Å²) in [6, 6.07) is 8.88. The molecular weight excluding hydrogens is 371 g/mol. The second kappa shape index (κ2) is 5.76. The van der Waals surface area contributed by atoms with Gasteiger partial charge in [-0.3, -0.25) is 0 Å². The molecule has 0 nitrogen and oxygen atoms in total. The van der Waals surface area contributed by atoms with Gasteiger partial charge in [0, 0.05) is 4.47 Å². The maximum Gasteiger partial charge on any atom is 0.123 e. The van der Waals surface area contributed by atoms with E-state index in [0.29, 0.717) is 0 Å². The standard InChI is InChI=1S/C16H15Br2F/c1-9-7-10(2)15(17)11(3)14(9)16(18)12-5-4-6-13(19)8-12/h4-8,16H,1-3H3. The fourth-order valence-electron chi connectivity index (χ4n) is 2.40. The predicted molar refractivity (Wildman–Crippen MR) is 85.5 cm³/mol. The largest absolute Gasteiger partial charge is 0.207 e. The number of aryl methyl sites for hydroxylation is 2. The molecule has 0 bridgehead atoms. The van der Waals surface area contributed by atoms with Gasteiger partial charge in [0.05, 0.1) is 4.83 Å². The van der Waals surface area contributed by atoms with Crippen LogP contribution in [0.2, 0.25) is 0 Å². The van der Waals surface area contributed by atoms with Crippen LogP contribution in [0.5, 0.6) is 0 Å². The highest BCUT2D eigenvalue weighted by Gasteiger charge is 2.18. The van der Waals surface area contributed by atoms with Gasteiger partial charge in [-0.1, -0.05) is 50.1 Å². The van der Waals surface area contributed by atoms with Crippen molar-refractivity contribution in [2.24, 2.45) is 0 Å². The van der Waals surface area contributed by atoms with Crippen LogP contribution in [-0.4, -0.2) is 0 Å². The third-order valence-electron chi connectivity index (χ3n) is 3.33. The van der Waals surface area contributed by atoms with Crippen LogP contribution >= 0.6 is 31.9 Å². The summed E-state index contributed by atoms with van der Waals surface area (Å²) in [4.78, 5) is 0.0000926. The van der Waals surface area contributed by atoms with Crippen LogP contribution in [0.3, 0.4) is 0 Å². The molecule has 0 heterocycles. The van der Waals surface area contributed by atoms with Crippen LogP contribution in [0.15, 0.2) is 34.8 Å². The molecule has 0 aliphatic rings. The summed E-state index contributed by atoms with van der Waals surface area (Å²) >= 11 is 7.33. The minimum absolute atomic E-state index is 0.0000926. The molecule has 0 aliphatic heterocycles. The molecule has 2 aromatic rings. The maximum absolute atomic E-state index is 13.4.